The molecule has 0 rings (SSSR count). The summed E-state index contributed by atoms with van der Waals surface area (Å²) in [5.41, 5.74) is 1.16. The number of rotatable bonds is 6. The monoisotopic (exact) mass is 263 g/mol. The first-order valence-corrected chi connectivity index (χ1v) is 6.94. The van der Waals surface area contributed by atoms with Crippen molar-refractivity contribution in [2.24, 2.45) is 0 Å². The molecule has 0 heterocycles. The van der Waals surface area contributed by atoms with Gasteiger partial charge in [-0.15, -0.1) is 0 Å². The molecule has 0 aromatic heterocycles. The molecule has 0 fully saturated rings. The Morgan fingerprint density at radius 1 is 1.31 bits per heavy atom. The van der Waals surface area contributed by atoms with E-state index in [0.717, 1.165) is 33.6 Å². The van der Waals surface area contributed by atoms with Crippen LogP contribution in [-0.4, -0.2) is 42.7 Å². The second kappa shape index (κ2) is 8.85. The van der Waals surface area contributed by atoms with Crippen LogP contribution in [0.25, 0.3) is 0 Å². The van der Waals surface area contributed by atoms with Crippen molar-refractivity contribution in [2.75, 3.05) is 33.5 Å². The molecule has 0 aliphatic carbocycles. The second-order valence-electron chi connectivity index (χ2n) is 3.90. The van der Waals surface area contributed by atoms with Gasteiger partial charge in [0.25, 0.3) is 0 Å². The fraction of sp³-hybridized carbons (Fsp3) is 0.583. The average Bonchev–Trinajstić information content (AvgIpc) is 2.21. The first-order valence-electron chi connectivity index (χ1n) is 5.22. The van der Waals surface area contributed by atoms with E-state index < -0.39 is 0 Å². The van der Waals surface area contributed by atoms with Crippen molar-refractivity contribution in [3.05, 3.63) is 23.5 Å². The number of thiol groups is 1. The number of hydrogen-bond donors (Lipinski definition) is 1. The quantitative estimate of drug-likeness (QED) is 0.198. The largest absolute Gasteiger partial charge is 0.492 e. The normalized spacial score (nSPS) is 12.8. The highest BCUT2D eigenvalue weighted by Crippen LogP contribution is 2.08. The van der Waals surface area contributed by atoms with Gasteiger partial charge in [-0.1, -0.05) is 11.6 Å². The second-order valence-corrected chi connectivity index (χ2v) is 5.50. The van der Waals surface area contributed by atoms with Crippen molar-refractivity contribution in [3.8, 4) is 0 Å². The van der Waals surface area contributed by atoms with Gasteiger partial charge >= 0.3 is 0 Å². The Morgan fingerprint density at radius 3 is 2.38 bits per heavy atom. The molecule has 0 saturated heterocycles. The molecule has 2 nitrogen and oxygen atoms in total. The smallest absolute Gasteiger partial charge is 0.118 e. The molecule has 0 atom stereocenters. The molecule has 0 aliphatic heterocycles. The molecule has 0 bridgehead atoms. The predicted molar refractivity (Wildman–Crippen MR) is 77.8 cm³/mol. The minimum Gasteiger partial charge on any atom is -0.492 e. The zero-order valence-corrected chi connectivity index (χ0v) is 12.4. The highest BCUT2D eigenvalue weighted by Gasteiger charge is 1.97. The highest BCUT2D eigenvalue weighted by molar-refractivity contribution is 8.00. The molecule has 0 radical (unpaired) electrons. The van der Waals surface area contributed by atoms with Gasteiger partial charge in [-0.3, -0.25) is 0 Å². The summed E-state index contributed by atoms with van der Waals surface area (Å²) in [7, 11) is 4.06. The highest BCUT2D eigenvalue weighted by atomic mass is 35.5. The molecule has 0 amide bonds. The Kier molecular flexibility index (Phi) is 8.71. The van der Waals surface area contributed by atoms with Crippen LogP contribution in [0.15, 0.2) is 23.5 Å². The molecule has 94 valence electrons. The molecule has 0 N–H and O–H groups in total. The topological polar surface area (TPSA) is 12.5 Å². The maximum Gasteiger partial charge on any atom is 0.118 e. The number of likely N-dealkylation sites (N-methyl/N-ethyl adjacent to an activating group) is 1. The summed E-state index contributed by atoms with van der Waals surface area (Å²) in [6.07, 6.45) is 5.83. The summed E-state index contributed by atoms with van der Waals surface area (Å²) in [4.78, 5) is 2.09. The molecule has 16 heavy (non-hydrogen) atoms. The van der Waals surface area contributed by atoms with Gasteiger partial charge in [0, 0.05) is 6.54 Å². The van der Waals surface area contributed by atoms with Crippen LogP contribution in [-0.2, 0) is 4.74 Å². The van der Waals surface area contributed by atoms with E-state index in [0.29, 0.717) is 6.61 Å². The molecule has 4 heteroatoms. The van der Waals surface area contributed by atoms with E-state index in [9.17, 15) is 0 Å². The average molecular weight is 264 g/mol. The Hall–Kier alpha value is -0.250. The van der Waals surface area contributed by atoms with Crippen LogP contribution in [0, 0.1) is 0 Å². The SMILES string of the molecule is C[SH]=C(Cl)/C=C\C(OCCN(C)C)=C(C)C. The Balaban J connectivity index is 4.32. The summed E-state index contributed by atoms with van der Waals surface area (Å²) in [5.74, 6) is 0.906. The van der Waals surface area contributed by atoms with Crippen LogP contribution in [0.4, 0.5) is 0 Å². The summed E-state index contributed by atoms with van der Waals surface area (Å²) < 4.78 is 6.50. The Labute approximate surface area is 108 Å². The lowest BCUT2D eigenvalue weighted by Crippen LogP contribution is -2.17. The number of nitrogens with zero attached hydrogens (tertiary/aromatic N) is 1. The summed E-state index contributed by atoms with van der Waals surface area (Å²) >= 11 is 7.00. The first-order chi connectivity index (χ1) is 7.47. The number of ether oxygens (including phenoxy) is 1. The minimum absolute atomic E-state index is 0.694. The van der Waals surface area contributed by atoms with E-state index in [1.54, 1.807) is 0 Å². The third kappa shape index (κ3) is 7.97. The molecule has 0 aliphatic rings. The van der Waals surface area contributed by atoms with E-state index in [2.05, 4.69) is 4.90 Å². The van der Waals surface area contributed by atoms with Gasteiger partial charge in [0.15, 0.2) is 0 Å². The fourth-order valence-corrected chi connectivity index (χ4v) is 1.20. The molecule has 0 saturated carbocycles. The van der Waals surface area contributed by atoms with Crippen LogP contribution in [0.3, 0.4) is 0 Å². The summed E-state index contributed by atoms with van der Waals surface area (Å²) in [6.45, 7) is 5.67. The minimum atomic E-state index is 0.694. The van der Waals surface area contributed by atoms with Gasteiger partial charge in [-0.2, -0.15) is 11.4 Å². The van der Waals surface area contributed by atoms with Crippen LogP contribution >= 0.6 is 23.0 Å². The Bertz CT molecular complexity index is 291. The molecule has 0 aromatic rings. The zero-order valence-electron chi connectivity index (χ0n) is 10.7. The van der Waals surface area contributed by atoms with Crippen molar-refractivity contribution in [3.63, 3.8) is 0 Å². The van der Waals surface area contributed by atoms with E-state index in [-0.39, 0.29) is 0 Å². The van der Waals surface area contributed by atoms with Gasteiger partial charge in [-0.25, -0.2) is 0 Å². The lowest BCUT2D eigenvalue weighted by molar-refractivity contribution is 0.190. The van der Waals surface area contributed by atoms with Crippen molar-refractivity contribution >= 4 is 27.3 Å². The summed E-state index contributed by atoms with van der Waals surface area (Å²) in [5, 5.41) is 0. The fourth-order valence-electron chi connectivity index (χ4n) is 0.916. The lowest BCUT2D eigenvalue weighted by atomic mass is 10.3. The van der Waals surface area contributed by atoms with E-state index in [1.165, 1.54) is 0 Å². The van der Waals surface area contributed by atoms with E-state index >= 15 is 0 Å². The third-order valence-electron chi connectivity index (χ3n) is 1.87. The summed E-state index contributed by atoms with van der Waals surface area (Å²) in [6, 6.07) is 0. The van der Waals surface area contributed by atoms with Crippen LogP contribution in [0.5, 0.6) is 0 Å². The molecular formula is C12H22ClNOS. The van der Waals surface area contributed by atoms with E-state index in [1.807, 2.05) is 46.4 Å². The molecule has 0 aromatic carbocycles. The predicted octanol–water partition coefficient (Wildman–Crippen LogP) is 2.88. The standard InChI is InChI=1S/C12H22ClNOS/c1-10(2)11(6-7-12(13)16-5)15-9-8-14(3)4/h6-7,16H,8-9H2,1-5H3/b7-6-. The maximum atomic E-state index is 5.93. The zero-order chi connectivity index (χ0) is 12.6. The van der Waals surface area contributed by atoms with Gasteiger partial charge in [-0.05, 0) is 51.9 Å². The lowest BCUT2D eigenvalue weighted by Gasteiger charge is -2.12. The molecule has 0 spiro atoms. The van der Waals surface area contributed by atoms with Crippen LogP contribution in [0.1, 0.15) is 13.8 Å². The number of allylic oxidation sites excluding steroid dienone is 3. The van der Waals surface area contributed by atoms with Gasteiger partial charge < -0.3 is 9.64 Å². The molecule has 0 unspecified atom stereocenters. The first kappa shape index (κ1) is 15.8. The number of halogens is 1. The van der Waals surface area contributed by atoms with Crippen molar-refractivity contribution in [1.29, 1.82) is 0 Å². The van der Waals surface area contributed by atoms with Gasteiger partial charge in [0.2, 0.25) is 0 Å². The van der Waals surface area contributed by atoms with Crippen molar-refractivity contribution < 1.29 is 4.74 Å². The third-order valence-corrected chi connectivity index (χ3v) is 3.08. The van der Waals surface area contributed by atoms with E-state index in [4.69, 9.17) is 16.3 Å². The van der Waals surface area contributed by atoms with Gasteiger partial charge in [0.1, 0.15) is 12.4 Å². The van der Waals surface area contributed by atoms with Crippen molar-refractivity contribution in [2.45, 2.75) is 13.8 Å². The van der Waals surface area contributed by atoms with Crippen LogP contribution < -0.4 is 0 Å². The maximum absolute atomic E-state index is 5.93. The Morgan fingerprint density at radius 2 is 1.94 bits per heavy atom. The van der Waals surface area contributed by atoms with Gasteiger partial charge in [0.05, 0.1) is 4.32 Å². The molecular weight excluding hydrogens is 242 g/mol. The number of hydrogen-bond acceptors (Lipinski definition) is 2. The van der Waals surface area contributed by atoms with Crippen molar-refractivity contribution in [1.82, 2.24) is 4.90 Å². The van der Waals surface area contributed by atoms with Crippen LogP contribution in [0.2, 0.25) is 0 Å².